The average Bonchev–Trinajstić information content (AvgIpc) is 2.07. The lowest BCUT2D eigenvalue weighted by molar-refractivity contribution is -0.116. The van der Waals surface area contributed by atoms with Crippen LogP contribution in [0, 0.1) is 0 Å². The fourth-order valence-corrected chi connectivity index (χ4v) is 1.45. The summed E-state index contributed by atoms with van der Waals surface area (Å²) in [5.74, 6) is 0.413. The van der Waals surface area contributed by atoms with Crippen molar-refractivity contribution in [3.05, 3.63) is 28.2 Å². The van der Waals surface area contributed by atoms with Crippen molar-refractivity contribution in [2.75, 3.05) is 0 Å². The van der Waals surface area contributed by atoms with Crippen molar-refractivity contribution in [1.29, 1.82) is 0 Å². The molecule has 0 atom stereocenters. The number of phenols is 1. The maximum atomic E-state index is 10.7. The van der Waals surface area contributed by atoms with Gasteiger partial charge in [-0.1, -0.05) is 6.07 Å². The molecule has 0 amide bonds. The van der Waals surface area contributed by atoms with Gasteiger partial charge in [-0.3, -0.25) is 0 Å². The van der Waals surface area contributed by atoms with Gasteiger partial charge in [-0.05, 0) is 47.0 Å². The van der Waals surface area contributed by atoms with Crippen molar-refractivity contribution in [2.24, 2.45) is 0 Å². The third-order valence-electron chi connectivity index (χ3n) is 1.78. The van der Waals surface area contributed by atoms with Gasteiger partial charge in [0.1, 0.15) is 11.5 Å². The van der Waals surface area contributed by atoms with Crippen molar-refractivity contribution in [3.63, 3.8) is 0 Å². The number of halogens is 1. The van der Waals surface area contributed by atoms with Crippen LogP contribution in [0.15, 0.2) is 22.7 Å². The minimum atomic E-state index is 0.184. The van der Waals surface area contributed by atoms with Crippen LogP contribution in [-0.4, -0.2) is 10.9 Å². The predicted molar refractivity (Wildman–Crippen MR) is 54.8 cm³/mol. The highest BCUT2D eigenvalue weighted by molar-refractivity contribution is 9.10. The topological polar surface area (TPSA) is 37.3 Å². The summed E-state index contributed by atoms with van der Waals surface area (Å²) in [4.78, 5) is 10.7. The lowest BCUT2D eigenvalue weighted by atomic mass is 10.1. The van der Waals surface area contributed by atoms with Crippen molar-refractivity contribution in [3.8, 4) is 5.75 Å². The third kappa shape index (κ3) is 3.19. The van der Waals surface area contributed by atoms with Crippen LogP contribution >= 0.6 is 15.9 Å². The summed E-state index contributed by atoms with van der Waals surface area (Å²) >= 11 is 3.22. The van der Waals surface area contributed by atoms with Crippen LogP contribution in [0.1, 0.15) is 18.9 Å². The first-order valence-corrected chi connectivity index (χ1v) is 4.85. The van der Waals surface area contributed by atoms with Crippen LogP contribution in [0.25, 0.3) is 0 Å². The van der Waals surface area contributed by atoms with Gasteiger partial charge in [-0.25, -0.2) is 0 Å². The monoisotopic (exact) mass is 242 g/mol. The van der Waals surface area contributed by atoms with Crippen molar-refractivity contribution >= 4 is 21.7 Å². The molecule has 0 saturated heterocycles. The van der Waals surface area contributed by atoms with E-state index >= 15 is 0 Å². The zero-order valence-corrected chi connectivity index (χ0v) is 8.97. The Labute approximate surface area is 85.7 Å². The fraction of sp³-hybridized carbons (Fsp3) is 0.300. The summed E-state index contributed by atoms with van der Waals surface area (Å²) in [5.41, 5.74) is 1.06. The molecule has 0 radical (unpaired) electrons. The molecule has 1 rings (SSSR count). The maximum absolute atomic E-state index is 10.7. The van der Waals surface area contributed by atoms with Gasteiger partial charge in [0, 0.05) is 6.42 Å². The lowest BCUT2D eigenvalue weighted by Gasteiger charge is -2.01. The Morgan fingerprint density at radius 1 is 1.54 bits per heavy atom. The first-order valence-electron chi connectivity index (χ1n) is 4.06. The van der Waals surface area contributed by atoms with Crippen LogP contribution in [-0.2, 0) is 11.2 Å². The minimum absolute atomic E-state index is 0.184. The first kappa shape index (κ1) is 10.3. The molecule has 70 valence electrons. The second kappa shape index (κ2) is 4.42. The summed E-state index contributed by atoms with van der Waals surface area (Å²) in [6.45, 7) is 1.58. The zero-order chi connectivity index (χ0) is 9.84. The van der Waals surface area contributed by atoms with Gasteiger partial charge in [0.2, 0.25) is 0 Å². The van der Waals surface area contributed by atoms with E-state index in [1.165, 1.54) is 0 Å². The average molecular weight is 243 g/mol. The molecular formula is C10H11BrO2. The highest BCUT2D eigenvalue weighted by Crippen LogP contribution is 2.24. The molecule has 3 heteroatoms. The standard InChI is InChI=1S/C10H11BrO2/c1-7(12)2-3-8-4-5-10(13)9(11)6-8/h4-6,13H,2-3H2,1H3. The molecule has 0 aliphatic heterocycles. The van der Waals surface area contributed by atoms with E-state index in [4.69, 9.17) is 0 Å². The van der Waals surface area contributed by atoms with E-state index in [9.17, 15) is 9.90 Å². The highest BCUT2D eigenvalue weighted by Gasteiger charge is 2.00. The fourth-order valence-electron chi connectivity index (χ4n) is 1.03. The summed E-state index contributed by atoms with van der Waals surface area (Å²) in [6.07, 6.45) is 1.28. The molecule has 1 N–H and O–H groups in total. The van der Waals surface area contributed by atoms with Crippen LogP contribution in [0.4, 0.5) is 0 Å². The number of hydrogen-bond acceptors (Lipinski definition) is 2. The Morgan fingerprint density at radius 3 is 2.77 bits per heavy atom. The van der Waals surface area contributed by atoms with Gasteiger partial charge >= 0.3 is 0 Å². The largest absolute Gasteiger partial charge is 0.507 e. The van der Waals surface area contributed by atoms with Crippen molar-refractivity contribution in [1.82, 2.24) is 0 Å². The third-order valence-corrected chi connectivity index (χ3v) is 2.41. The Balaban J connectivity index is 2.68. The second-order valence-electron chi connectivity index (χ2n) is 2.99. The molecule has 0 unspecified atom stereocenters. The summed E-state index contributed by atoms with van der Waals surface area (Å²) in [5, 5.41) is 9.21. The van der Waals surface area contributed by atoms with E-state index in [1.54, 1.807) is 13.0 Å². The van der Waals surface area contributed by atoms with Gasteiger partial charge < -0.3 is 9.90 Å². The Hall–Kier alpha value is -0.830. The molecule has 1 aromatic carbocycles. The summed E-state index contributed by atoms with van der Waals surface area (Å²) in [6, 6.07) is 5.28. The van der Waals surface area contributed by atoms with Gasteiger partial charge in [0.25, 0.3) is 0 Å². The van der Waals surface area contributed by atoms with E-state index in [2.05, 4.69) is 15.9 Å². The highest BCUT2D eigenvalue weighted by atomic mass is 79.9. The molecule has 1 aromatic rings. The number of hydrogen-bond donors (Lipinski definition) is 1. The van der Waals surface area contributed by atoms with Crippen molar-refractivity contribution in [2.45, 2.75) is 19.8 Å². The van der Waals surface area contributed by atoms with E-state index in [1.807, 2.05) is 12.1 Å². The molecule has 0 aromatic heterocycles. The van der Waals surface area contributed by atoms with E-state index in [-0.39, 0.29) is 11.5 Å². The quantitative estimate of drug-likeness (QED) is 0.886. The smallest absolute Gasteiger partial charge is 0.130 e. The number of benzene rings is 1. The molecule has 2 nitrogen and oxygen atoms in total. The van der Waals surface area contributed by atoms with Crippen LogP contribution in [0.5, 0.6) is 5.75 Å². The van der Waals surface area contributed by atoms with Crippen LogP contribution in [0.2, 0.25) is 0 Å². The Kier molecular flexibility index (Phi) is 3.48. The lowest BCUT2D eigenvalue weighted by Crippen LogP contribution is -1.93. The number of aryl methyl sites for hydroxylation is 1. The molecule has 0 aliphatic carbocycles. The number of carbonyl (C=O) groups excluding carboxylic acids is 1. The number of aromatic hydroxyl groups is 1. The SMILES string of the molecule is CC(=O)CCc1ccc(O)c(Br)c1. The van der Waals surface area contributed by atoms with E-state index < -0.39 is 0 Å². The van der Waals surface area contributed by atoms with Crippen molar-refractivity contribution < 1.29 is 9.90 Å². The molecule has 13 heavy (non-hydrogen) atoms. The van der Waals surface area contributed by atoms with E-state index in [0.29, 0.717) is 10.9 Å². The predicted octanol–water partition coefficient (Wildman–Crippen LogP) is 2.68. The molecule has 0 saturated carbocycles. The number of ketones is 1. The van der Waals surface area contributed by atoms with E-state index in [0.717, 1.165) is 12.0 Å². The molecular weight excluding hydrogens is 232 g/mol. The Bertz CT molecular complexity index is 321. The van der Waals surface area contributed by atoms with Gasteiger partial charge in [-0.2, -0.15) is 0 Å². The molecule has 0 heterocycles. The number of carbonyl (C=O) groups is 1. The minimum Gasteiger partial charge on any atom is -0.507 e. The van der Waals surface area contributed by atoms with Crippen LogP contribution in [0.3, 0.4) is 0 Å². The normalized spacial score (nSPS) is 10.0. The first-order chi connectivity index (χ1) is 6.09. The molecule has 0 aliphatic rings. The van der Waals surface area contributed by atoms with Crippen LogP contribution < -0.4 is 0 Å². The number of Topliss-reactive ketones (excluding diaryl/α,β-unsaturated/α-hetero) is 1. The summed E-state index contributed by atoms with van der Waals surface area (Å²) < 4.78 is 0.675. The van der Waals surface area contributed by atoms with Gasteiger partial charge in [0.15, 0.2) is 0 Å². The Morgan fingerprint density at radius 2 is 2.23 bits per heavy atom. The molecule has 0 spiro atoms. The molecule has 0 bridgehead atoms. The summed E-state index contributed by atoms with van der Waals surface area (Å²) in [7, 11) is 0. The number of phenolic OH excluding ortho intramolecular Hbond substituents is 1. The molecule has 0 fully saturated rings. The zero-order valence-electron chi connectivity index (χ0n) is 7.38. The second-order valence-corrected chi connectivity index (χ2v) is 3.84. The maximum Gasteiger partial charge on any atom is 0.130 e. The number of rotatable bonds is 3. The van der Waals surface area contributed by atoms with Gasteiger partial charge in [0.05, 0.1) is 4.47 Å². The van der Waals surface area contributed by atoms with Gasteiger partial charge in [-0.15, -0.1) is 0 Å².